The Balaban J connectivity index is 0.837. The molecule has 4 aromatic carbocycles. The fourth-order valence-corrected chi connectivity index (χ4v) is 10.1. The Hall–Kier alpha value is -6.97. The van der Waals surface area contributed by atoms with Gasteiger partial charge in [0.05, 0.1) is 47.6 Å². The molecule has 3 N–H and O–H groups in total. The van der Waals surface area contributed by atoms with Gasteiger partial charge in [0.25, 0.3) is 11.8 Å². The monoisotopic (exact) mass is 971 g/mol. The zero-order chi connectivity index (χ0) is 49.6. The number of halogens is 1. The number of carbonyl (C=O) groups excluding carboxylic acids is 4. The summed E-state index contributed by atoms with van der Waals surface area (Å²) in [5.41, 5.74) is 7.73. The van der Waals surface area contributed by atoms with Gasteiger partial charge in [0.1, 0.15) is 36.9 Å². The number of amides is 4. The molecule has 4 amide bonds. The Kier molecular flexibility index (Phi) is 15.4. The number of carbonyl (C=O) groups is 5. The molecule has 3 aliphatic heterocycles. The minimum atomic E-state index is -1.37. The fraction of sp³-hybridized carbons (Fsp3) is 0.358. The molecule has 364 valence electrons. The molecule has 17 heteroatoms. The second-order valence-corrected chi connectivity index (χ2v) is 18.7. The van der Waals surface area contributed by atoms with Crippen molar-refractivity contribution in [2.75, 3.05) is 39.6 Å². The van der Waals surface area contributed by atoms with Crippen LogP contribution in [0, 0.1) is 37.4 Å². The van der Waals surface area contributed by atoms with Crippen molar-refractivity contribution in [3.63, 3.8) is 0 Å². The molecule has 4 atom stereocenters. The molecule has 1 aromatic heterocycles. The van der Waals surface area contributed by atoms with E-state index in [0.29, 0.717) is 39.1 Å². The van der Waals surface area contributed by atoms with E-state index in [9.17, 15) is 38.6 Å². The third-order valence-corrected chi connectivity index (χ3v) is 13.7. The van der Waals surface area contributed by atoms with Crippen molar-refractivity contribution in [1.82, 2.24) is 25.0 Å². The van der Waals surface area contributed by atoms with Gasteiger partial charge in [-0.25, -0.2) is 14.2 Å². The molecule has 1 unspecified atom stereocenters. The highest BCUT2D eigenvalue weighted by atomic mass is 32.1. The number of nitrogens with zero attached hydrogens (tertiary/aromatic N) is 4. The summed E-state index contributed by atoms with van der Waals surface area (Å²) in [6.07, 6.45) is -0.850. The quantitative estimate of drug-likeness (QED) is 0.0684. The van der Waals surface area contributed by atoms with E-state index in [-0.39, 0.29) is 88.9 Å². The summed E-state index contributed by atoms with van der Waals surface area (Å²) < 4.78 is 31.9. The molecule has 1 fully saturated rings. The van der Waals surface area contributed by atoms with E-state index in [1.165, 1.54) is 33.3 Å². The van der Waals surface area contributed by atoms with Gasteiger partial charge in [0.2, 0.25) is 11.8 Å². The number of aromatic nitrogens is 1. The minimum Gasteiger partial charge on any atom is -0.491 e. The number of aryl methyl sites for hydroxylation is 2. The largest absolute Gasteiger partial charge is 0.491 e. The number of hydrogen-bond donors (Lipinski definition) is 3. The maximum Gasteiger partial charge on any atom is 0.331 e. The van der Waals surface area contributed by atoms with Gasteiger partial charge >= 0.3 is 5.97 Å². The first-order valence-corrected chi connectivity index (χ1v) is 24.0. The summed E-state index contributed by atoms with van der Waals surface area (Å²) in [4.78, 5) is 77.2. The lowest BCUT2D eigenvalue weighted by Crippen LogP contribution is -2.55. The van der Waals surface area contributed by atoms with Crippen molar-refractivity contribution in [1.29, 1.82) is 0 Å². The zero-order valence-corrected chi connectivity index (χ0v) is 40.1. The number of fused-ring (bicyclic) bond motifs is 2. The van der Waals surface area contributed by atoms with Crippen LogP contribution in [0.2, 0.25) is 0 Å². The van der Waals surface area contributed by atoms with Crippen LogP contribution in [0.25, 0.3) is 10.4 Å². The SMILES string of the molecule is Cc1ccc(F)cc1C(C(=O)O)N1Cc2cccc(C#CCOCCOCCOc3cc(-c4scnc4C)ccc3CNC(=O)[C@@H]3C[C@@H](O)CN3C(=O)[C@H](C(C)C)N3Cc4ccccc4C3=O)c2C1=O. The summed E-state index contributed by atoms with van der Waals surface area (Å²) in [5.74, 6) is 2.77. The second-order valence-electron chi connectivity index (χ2n) is 17.8. The van der Waals surface area contributed by atoms with Gasteiger partial charge in [-0.2, -0.15) is 0 Å². The normalized spacial score (nSPS) is 17.0. The molecule has 0 bridgehead atoms. The predicted molar refractivity (Wildman–Crippen MR) is 257 cm³/mol. The number of carboxylic acids is 1. The molecule has 0 spiro atoms. The van der Waals surface area contributed by atoms with Crippen LogP contribution in [-0.2, 0) is 43.5 Å². The Labute approximate surface area is 409 Å². The molecule has 4 heterocycles. The van der Waals surface area contributed by atoms with Crippen molar-refractivity contribution < 1.29 is 52.8 Å². The number of aliphatic carboxylic acids is 1. The zero-order valence-electron chi connectivity index (χ0n) is 39.3. The Morgan fingerprint density at radius 1 is 0.914 bits per heavy atom. The molecule has 8 rings (SSSR count). The van der Waals surface area contributed by atoms with Crippen LogP contribution >= 0.6 is 11.3 Å². The first-order chi connectivity index (χ1) is 33.7. The summed E-state index contributed by atoms with van der Waals surface area (Å²) in [6, 6.07) is 18.9. The molecular formula is C53H54FN5O10S. The predicted octanol–water partition coefficient (Wildman–Crippen LogP) is 6.07. The Morgan fingerprint density at radius 3 is 2.43 bits per heavy atom. The number of rotatable bonds is 18. The fourth-order valence-electron chi connectivity index (χ4n) is 9.33. The van der Waals surface area contributed by atoms with Gasteiger partial charge in [-0.05, 0) is 77.9 Å². The van der Waals surface area contributed by atoms with E-state index >= 15 is 0 Å². The molecule has 15 nitrogen and oxygen atoms in total. The number of likely N-dealkylation sites (tertiary alicyclic amines) is 1. The van der Waals surface area contributed by atoms with Gasteiger partial charge in [0.15, 0.2) is 6.04 Å². The van der Waals surface area contributed by atoms with Gasteiger partial charge in [-0.3, -0.25) is 19.2 Å². The summed E-state index contributed by atoms with van der Waals surface area (Å²) in [6.45, 7) is 8.58. The highest BCUT2D eigenvalue weighted by molar-refractivity contribution is 7.13. The maximum absolute atomic E-state index is 14.2. The van der Waals surface area contributed by atoms with Crippen LogP contribution < -0.4 is 10.1 Å². The van der Waals surface area contributed by atoms with Gasteiger partial charge < -0.3 is 44.4 Å². The van der Waals surface area contributed by atoms with Crippen LogP contribution in [0.4, 0.5) is 4.39 Å². The molecule has 1 saturated heterocycles. The molecule has 5 aromatic rings. The lowest BCUT2D eigenvalue weighted by atomic mass is 9.99. The highest BCUT2D eigenvalue weighted by Crippen LogP contribution is 2.36. The summed E-state index contributed by atoms with van der Waals surface area (Å²) in [7, 11) is 0. The maximum atomic E-state index is 14.2. The van der Waals surface area contributed by atoms with Crippen molar-refractivity contribution >= 4 is 40.9 Å². The number of ether oxygens (including phenoxy) is 3. The van der Waals surface area contributed by atoms with Crippen LogP contribution in [-0.4, -0.2) is 117 Å². The topological polar surface area (TPSA) is 188 Å². The smallest absolute Gasteiger partial charge is 0.331 e. The number of aliphatic hydroxyl groups excluding tert-OH is 1. The van der Waals surface area contributed by atoms with Gasteiger partial charge in [-0.1, -0.05) is 74.2 Å². The molecule has 0 saturated carbocycles. The van der Waals surface area contributed by atoms with Crippen molar-refractivity contribution in [2.24, 2.45) is 5.92 Å². The minimum absolute atomic E-state index is 0.0274. The summed E-state index contributed by atoms with van der Waals surface area (Å²) >= 11 is 1.50. The van der Waals surface area contributed by atoms with Crippen molar-refractivity contribution in [3.05, 3.63) is 140 Å². The number of thiazole rings is 1. The van der Waals surface area contributed by atoms with E-state index in [0.717, 1.165) is 27.8 Å². The molecule has 0 aliphatic carbocycles. The van der Waals surface area contributed by atoms with Crippen LogP contribution in [0.3, 0.4) is 0 Å². The highest BCUT2D eigenvalue weighted by Gasteiger charge is 2.46. The summed E-state index contributed by atoms with van der Waals surface area (Å²) in [5, 5.41) is 23.8. The first-order valence-electron chi connectivity index (χ1n) is 23.1. The molecule has 3 aliphatic rings. The number of aliphatic hydroxyl groups is 1. The van der Waals surface area contributed by atoms with E-state index in [2.05, 4.69) is 22.1 Å². The average Bonchev–Trinajstić information content (AvgIpc) is 4.12. The van der Waals surface area contributed by atoms with E-state index in [1.54, 1.807) is 47.7 Å². The van der Waals surface area contributed by atoms with Crippen LogP contribution in [0.15, 0.2) is 84.4 Å². The lowest BCUT2D eigenvalue weighted by Gasteiger charge is -2.35. The molecule has 0 radical (unpaired) electrons. The number of nitrogens with one attached hydrogen (secondary N) is 1. The van der Waals surface area contributed by atoms with Crippen molar-refractivity contribution in [3.8, 4) is 28.0 Å². The Bertz CT molecular complexity index is 2880. The van der Waals surface area contributed by atoms with Crippen molar-refractivity contribution in [2.45, 2.75) is 78.0 Å². The third kappa shape index (κ3) is 10.6. The standard InChI is InChI=1S/C53H54FN5O10S/c1-31(2)46(58-27-37-9-5-6-13-41(37)50(58)62)52(64)57-29-40(60)25-43(57)49(61)55-26-36-16-15-35(48-33(4)56-30-70-48)23-44(36)69-22-21-68-20-19-67-18-8-12-34-10-7-11-38-28-59(51(63)45(34)38)47(53(65)66)42-24-39(54)17-14-32(42)3/h5-7,9-11,13-17,23-24,30-31,40,43,46-47,60H,18-22,25-29H2,1-4H3,(H,55,61)(H,65,66)/t40-,43+,46+,47?/m1/s1. The third-order valence-electron chi connectivity index (χ3n) is 12.8. The van der Waals surface area contributed by atoms with Gasteiger partial charge in [-0.15, -0.1) is 11.3 Å². The Morgan fingerprint density at radius 2 is 1.67 bits per heavy atom. The van der Waals surface area contributed by atoms with Crippen LogP contribution in [0.5, 0.6) is 5.75 Å². The van der Waals surface area contributed by atoms with Gasteiger partial charge in [0, 0.05) is 49.3 Å². The molecule has 70 heavy (non-hydrogen) atoms. The average molecular weight is 972 g/mol. The first kappa shape index (κ1) is 49.5. The molecular weight excluding hydrogens is 918 g/mol. The van der Waals surface area contributed by atoms with E-state index in [4.69, 9.17) is 14.2 Å². The number of hydrogen-bond acceptors (Lipinski definition) is 11. The van der Waals surface area contributed by atoms with Crippen LogP contribution in [0.1, 0.15) is 86.1 Å². The second kappa shape index (κ2) is 21.8. The number of carboxylic acid groups (broad SMARTS) is 1. The number of β-amino-alcohol motifs (C(OH)–C–C–N with tert-alkyl or cyclic N) is 1. The van der Waals surface area contributed by atoms with E-state index in [1.807, 2.05) is 51.1 Å². The lowest BCUT2D eigenvalue weighted by molar-refractivity contribution is -0.143. The number of benzene rings is 4. The van der Waals surface area contributed by atoms with E-state index < -0.39 is 47.8 Å².